The largest absolute Gasteiger partial charge is 0.373 e. The number of fused-ring (bicyclic) bond motifs is 1. The summed E-state index contributed by atoms with van der Waals surface area (Å²) < 4.78 is 14.4. The lowest BCUT2D eigenvalue weighted by molar-refractivity contribution is 0.0246. The molecule has 0 amide bonds. The number of rotatable bonds is 6. The van der Waals surface area contributed by atoms with E-state index in [1.165, 1.54) is 22.2 Å². The third-order valence-electron chi connectivity index (χ3n) is 7.41. The minimum absolute atomic E-state index is 0.198. The van der Waals surface area contributed by atoms with Gasteiger partial charge in [0, 0.05) is 54.5 Å². The molecule has 4 aromatic rings. The van der Waals surface area contributed by atoms with Crippen LogP contribution in [0.15, 0.2) is 47.1 Å². The summed E-state index contributed by atoms with van der Waals surface area (Å²) >= 11 is 13.0. The van der Waals surface area contributed by atoms with Crippen molar-refractivity contribution in [1.82, 2.24) is 9.72 Å². The molecule has 6 rings (SSSR count). The Morgan fingerprint density at radius 1 is 1.06 bits per heavy atom. The van der Waals surface area contributed by atoms with E-state index < -0.39 is 0 Å². The third kappa shape index (κ3) is 4.35. The molecule has 5 nitrogen and oxygen atoms in total. The lowest BCUT2D eigenvalue weighted by atomic mass is 10.0. The number of ether oxygens (including phenoxy) is 1. The summed E-state index contributed by atoms with van der Waals surface area (Å²) in [7, 11) is 2.11. The maximum atomic E-state index is 6.50. The molecule has 1 aliphatic carbocycles. The Morgan fingerprint density at radius 2 is 1.80 bits per heavy atom. The van der Waals surface area contributed by atoms with Gasteiger partial charge in [-0.25, -0.2) is 0 Å². The average Bonchev–Trinajstić information content (AvgIpc) is 3.56. The Labute approximate surface area is 215 Å². The molecule has 2 fully saturated rings. The van der Waals surface area contributed by atoms with E-state index in [2.05, 4.69) is 53.0 Å². The van der Waals surface area contributed by atoms with E-state index in [4.69, 9.17) is 32.5 Å². The zero-order chi connectivity index (χ0) is 24.1. The zero-order valence-electron chi connectivity index (χ0n) is 20.1. The van der Waals surface area contributed by atoms with E-state index in [9.17, 15) is 0 Å². The summed E-state index contributed by atoms with van der Waals surface area (Å²) in [5.41, 5.74) is 6.32. The van der Waals surface area contributed by atoms with E-state index in [0.717, 1.165) is 55.7 Å². The Morgan fingerprint density at radius 3 is 2.51 bits per heavy atom. The van der Waals surface area contributed by atoms with Crippen LogP contribution in [-0.2, 0) is 18.4 Å². The number of benzene rings is 2. The van der Waals surface area contributed by atoms with Gasteiger partial charge in [0.2, 0.25) is 0 Å². The van der Waals surface area contributed by atoms with Crippen LogP contribution in [0.2, 0.25) is 10.0 Å². The van der Waals surface area contributed by atoms with Gasteiger partial charge >= 0.3 is 0 Å². The van der Waals surface area contributed by atoms with Crippen LogP contribution in [-0.4, -0.2) is 28.9 Å². The molecule has 3 heterocycles. The first-order valence-electron chi connectivity index (χ1n) is 12.3. The fourth-order valence-corrected chi connectivity index (χ4v) is 5.88. The number of aryl methyl sites for hydroxylation is 2. The van der Waals surface area contributed by atoms with Crippen LogP contribution in [0.4, 0.5) is 5.69 Å². The molecule has 2 aromatic carbocycles. The summed E-state index contributed by atoms with van der Waals surface area (Å²) in [6.45, 7) is 4.58. The van der Waals surface area contributed by atoms with Gasteiger partial charge in [-0.1, -0.05) is 40.5 Å². The number of hydrogen-bond acceptors (Lipinski definition) is 4. The minimum Gasteiger partial charge on any atom is -0.373 e. The zero-order valence-corrected chi connectivity index (χ0v) is 21.6. The molecule has 0 N–H and O–H groups in total. The van der Waals surface area contributed by atoms with E-state index in [1.54, 1.807) is 0 Å². The SMILES string of the molecule is Cc1cn(C)c2cc(N3CCC(OCc4c(-c5c(Cl)cccc5Cl)noc4C4CC4)CC3)ccc12. The number of piperidine rings is 1. The van der Waals surface area contributed by atoms with Gasteiger partial charge in [-0.2, -0.15) is 0 Å². The van der Waals surface area contributed by atoms with Crippen molar-refractivity contribution in [1.29, 1.82) is 0 Å². The van der Waals surface area contributed by atoms with Crippen molar-refractivity contribution in [3.8, 4) is 11.3 Å². The molecule has 0 unspecified atom stereocenters. The summed E-state index contributed by atoms with van der Waals surface area (Å²) in [6, 6.07) is 12.3. The van der Waals surface area contributed by atoms with Crippen molar-refractivity contribution >= 4 is 39.8 Å². The Hall–Kier alpha value is -2.47. The van der Waals surface area contributed by atoms with E-state index in [1.807, 2.05) is 18.2 Å². The Balaban J connectivity index is 1.15. The number of nitrogens with zero attached hydrogens (tertiary/aromatic N) is 3. The Kier molecular flexibility index (Phi) is 6.03. The normalized spacial score (nSPS) is 17.0. The second-order valence-electron chi connectivity index (χ2n) is 9.87. The maximum Gasteiger partial charge on any atom is 0.145 e. The second kappa shape index (κ2) is 9.20. The highest BCUT2D eigenvalue weighted by Crippen LogP contribution is 2.46. The van der Waals surface area contributed by atoms with Crippen LogP contribution < -0.4 is 4.90 Å². The van der Waals surface area contributed by atoms with Gasteiger partial charge in [0.05, 0.1) is 28.3 Å². The van der Waals surface area contributed by atoms with Crippen molar-refractivity contribution in [3.63, 3.8) is 0 Å². The molecule has 0 atom stereocenters. The van der Waals surface area contributed by atoms with E-state index in [0.29, 0.717) is 28.3 Å². The molecule has 7 heteroatoms. The molecular weight excluding hydrogens is 481 g/mol. The van der Waals surface area contributed by atoms with Gasteiger partial charge < -0.3 is 18.7 Å². The standard InChI is InChI=1S/C28H29Cl2N3O2/c1-17-15-32(2)25-14-19(8-9-21(17)25)33-12-10-20(11-13-33)34-16-22-27(31-35-28(22)18-6-7-18)26-23(29)4-3-5-24(26)30/h3-5,8-9,14-15,18,20H,6-7,10-13,16H2,1-2H3. The molecule has 2 aliphatic rings. The molecular formula is C28H29Cl2N3O2. The molecule has 2 aromatic heterocycles. The Bertz CT molecular complexity index is 1360. The number of halogens is 2. The molecule has 0 radical (unpaired) electrons. The average molecular weight is 510 g/mol. The first-order chi connectivity index (χ1) is 17.0. The maximum absolute atomic E-state index is 6.50. The lowest BCUT2D eigenvalue weighted by Gasteiger charge is -2.33. The summed E-state index contributed by atoms with van der Waals surface area (Å²) in [5.74, 6) is 1.36. The van der Waals surface area contributed by atoms with E-state index >= 15 is 0 Å². The predicted octanol–water partition coefficient (Wildman–Crippen LogP) is 7.51. The summed E-state index contributed by atoms with van der Waals surface area (Å²) in [6.07, 6.45) is 6.61. The van der Waals surface area contributed by atoms with Gasteiger partial charge in [-0.05, 0) is 62.4 Å². The van der Waals surface area contributed by atoms with Crippen molar-refractivity contribution in [2.75, 3.05) is 18.0 Å². The lowest BCUT2D eigenvalue weighted by Crippen LogP contribution is -2.37. The van der Waals surface area contributed by atoms with Gasteiger partial charge in [-0.15, -0.1) is 0 Å². The molecule has 0 spiro atoms. The molecule has 0 bridgehead atoms. The van der Waals surface area contributed by atoms with Gasteiger partial charge in [0.15, 0.2) is 0 Å². The van der Waals surface area contributed by atoms with Gasteiger partial charge in [-0.3, -0.25) is 0 Å². The fourth-order valence-electron chi connectivity index (χ4n) is 5.30. The number of anilines is 1. The van der Waals surface area contributed by atoms with Gasteiger partial charge in [0.1, 0.15) is 11.5 Å². The van der Waals surface area contributed by atoms with E-state index in [-0.39, 0.29) is 6.10 Å². The second-order valence-corrected chi connectivity index (χ2v) is 10.7. The highest BCUT2D eigenvalue weighted by Gasteiger charge is 2.34. The van der Waals surface area contributed by atoms with Gasteiger partial charge in [0.25, 0.3) is 0 Å². The molecule has 1 saturated heterocycles. The van der Waals surface area contributed by atoms with Crippen LogP contribution in [0.1, 0.15) is 48.5 Å². The van der Waals surface area contributed by atoms with Crippen molar-refractivity contribution < 1.29 is 9.26 Å². The predicted molar refractivity (Wildman–Crippen MR) is 142 cm³/mol. The quantitative estimate of drug-likeness (QED) is 0.269. The van der Waals surface area contributed by atoms with Crippen molar-refractivity contribution in [2.45, 2.75) is 51.2 Å². The molecule has 35 heavy (non-hydrogen) atoms. The fraction of sp³-hybridized carbons (Fsp3) is 0.393. The number of hydrogen-bond donors (Lipinski definition) is 0. The van der Waals surface area contributed by atoms with Crippen LogP contribution in [0.3, 0.4) is 0 Å². The molecule has 1 saturated carbocycles. The van der Waals surface area contributed by atoms with Crippen molar-refractivity contribution in [2.24, 2.45) is 7.05 Å². The van der Waals surface area contributed by atoms with Crippen LogP contribution >= 0.6 is 23.2 Å². The summed E-state index contributed by atoms with van der Waals surface area (Å²) in [4.78, 5) is 2.46. The van der Waals surface area contributed by atoms with Crippen LogP contribution in [0.25, 0.3) is 22.2 Å². The first kappa shape index (κ1) is 23.0. The first-order valence-corrected chi connectivity index (χ1v) is 13.1. The smallest absolute Gasteiger partial charge is 0.145 e. The molecule has 182 valence electrons. The van der Waals surface area contributed by atoms with Crippen LogP contribution in [0, 0.1) is 6.92 Å². The highest BCUT2D eigenvalue weighted by atomic mass is 35.5. The van der Waals surface area contributed by atoms with Crippen molar-refractivity contribution in [3.05, 3.63) is 69.5 Å². The monoisotopic (exact) mass is 509 g/mol. The van der Waals surface area contributed by atoms with Crippen LogP contribution in [0.5, 0.6) is 0 Å². The number of aromatic nitrogens is 2. The topological polar surface area (TPSA) is 43.4 Å². The molecule has 1 aliphatic heterocycles. The highest BCUT2D eigenvalue weighted by molar-refractivity contribution is 6.39. The third-order valence-corrected chi connectivity index (χ3v) is 8.04. The summed E-state index contributed by atoms with van der Waals surface area (Å²) in [5, 5.41) is 6.86. The minimum atomic E-state index is 0.198.